The van der Waals surface area contributed by atoms with Crippen LogP contribution < -0.4 is 10.8 Å². The van der Waals surface area contributed by atoms with Gasteiger partial charge in [0.1, 0.15) is 5.84 Å². The Labute approximate surface area is 74.4 Å². The summed E-state index contributed by atoms with van der Waals surface area (Å²) in [4.78, 5) is 10.3. The fourth-order valence-corrected chi connectivity index (χ4v) is 2.53. The van der Waals surface area contributed by atoms with Gasteiger partial charge in [0.2, 0.25) is 0 Å². The highest BCUT2D eigenvalue weighted by molar-refractivity contribution is 5.89. The van der Waals surface area contributed by atoms with Gasteiger partial charge in [-0.25, -0.2) is 4.79 Å². The molecule has 0 atom stereocenters. The van der Waals surface area contributed by atoms with Gasteiger partial charge in [-0.15, -0.1) is 0 Å². The Balaban J connectivity index is 1.93. The van der Waals surface area contributed by atoms with Crippen molar-refractivity contribution in [1.29, 1.82) is 5.41 Å². The number of nitrogens with one attached hydrogen (secondary N) is 3. The van der Waals surface area contributed by atoms with Gasteiger partial charge in [0.25, 0.3) is 0 Å². The monoisotopic (exact) mass is 185 g/mol. The van der Waals surface area contributed by atoms with E-state index in [-0.39, 0.29) is 16.8 Å². The molecule has 5 N–H and O–H groups in total. The summed E-state index contributed by atoms with van der Waals surface area (Å²) in [5.74, 6) is 0.0987. The molecule has 0 aromatic heterocycles. The highest BCUT2D eigenvalue weighted by atomic mass is 16.5. The third-order valence-corrected chi connectivity index (χ3v) is 3.04. The van der Waals surface area contributed by atoms with E-state index < -0.39 is 6.09 Å². The summed E-state index contributed by atoms with van der Waals surface area (Å²) in [5.41, 5.74) is 1.23. The van der Waals surface area contributed by atoms with E-state index in [1.165, 1.54) is 0 Å². The van der Waals surface area contributed by atoms with Crippen molar-refractivity contribution < 1.29 is 15.1 Å². The van der Waals surface area contributed by atoms with Crippen LogP contribution in [0.1, 0.15) is 19.3 Å². The molecule has 0 aromatic carbocycles. The molecule has 3 aliphatic rings. The van der Waals surface area contributed by atoms with E-state index in [1.807, 2.05) is 5.48 Å². The summed E-state index contributed by atoms with van der Waals surface area (Å²) < 4.78 is 0. The van der Waals surface area contributed by atoms with E-state index in [4.69, 9.17) is 15.7 Å². The second kappa shape index (κ2) is 2.14. The van der Waals surface area contributed by atoms with Crippen LogP contribution in [0, 0.1) is 10.8 Å². The predicted molar refractivity (Wildman–Crippen MR) is 42.8 cm³/mol. The van der Waals surface area contributed by atoms with Gasteiger partial charge >= 0.3 is 6.09 Å². The van der Waals surface area contributed by atoms with Gasteiger partial charge in [-0.3, -0.25) is 16.1 Å². The standard InChI is InChI=1S/C7H11N3O3/c8-4(10-13)6-1-7(2-6,3-6)9-5(11)12/h9,13H,1-3H2,(H2,8,10)(H,11,12). The summed E-state index contributed by atoms with van der Waals surface area (Å²) in [7, 11) is 0. The number of hydrogen-bond acceptors (Lipinski definition) is 3. The molecule has 6 heteroatoms. The number of carboxylic acid groups (broad SMARTS) is 1. The first-order valence-corrected chi connectivity index (χ1v) is 4.02. The number of rotatable bonds is 2. The molecule has 3 saturated carbocycles. The van der Waals surface area contributed by atoms with Crippen LogP contribution in [0.4, 0.5) is 4.79 Å². The summed E-state index contributed by atoms with van der Waals surface area (Å²) in [5, 5.41) is 26.8. The Morgan fingerprint density at radius 1 is 1.38 bits per heavy atom. The molecular weight excluding hydrogens is 174 g/mol. The van der Waals surface area contributed by atoms with Crippen molar-refractivity contribution in [3.8, 4) is 0 Å². The number of amidine groups is 1. The van der Waals surface area contributed by atoms with Crippen molar-refractivity contribution in [3.05, 3.63) is 0 Å². The predicted octanol–water partition coefficient (Wildman–Crippen LogP) is 0.133. The maximum Gasteiger partial charge on any atom is 0.405 e. The van der Waals surface area contributed by atoms with Crippen LogP contribution in [0.5, 0.6) is 0 Å². The van der Waals surface area contributed by atoms with Gasteiger partial charge in [0.15, 0.2) is 0 Å². The van der Waals surface area contributed by atoms with Crippen LogP contribution in [0.25, 0.3) is 0 Å². The molecule has 0 aliphatic heterocycles. The summed E-state index contributed by atoms with van der Waals surface area (Å²) in [6.07, 6.45) is 0.854. The van der Waals surface area contributed by atoms with Gasteiger partial charge in [0.05, 0.1) is 0 Å². The maximum atomic E-state index is 10.3. The van der Waals surface area contributed by atoms with E-state index >= 15 is 0 Å². The number of carbonyl (C=O) groups is 1. The smallest absolute Gasteiger partial charge is 0.405 e. The molecule has 2 bridgehead atoms. The first-order chi connectivity index (χ1) is 6.02. The lowest BCUT2D eigenvalue weighted by atomic mass is 9.39. The van der Waals surface area contributed by atoms with Crippen molar-refractivity contribution in [2.24, 2.45) is 5.41 Å². The van der Waals surface area contributed by atoms with Crippen LogP contribution in [0.3, 0.4) is 0 Å². The van der Waals surface area contributed by atoms with Gasteiger partial charge in [-0.1, -0.05) is 0 Å². The molecule has 3 aliphatic carbocycles. The number of hydroxylamine groups is 1. The Hall–Kier alpha value is -1.30. The Morgan fingerprint density at radius 3 is 2.31 bits per heavy atom. The highest BCUT2D eigenvalue weighted by Gasteiger charge is 2.70. The first kappa shape index (κ1) is 8.31. The zero-order valence-corrected chi connectivity index (χ0v) is 6.92. The Kier molecular flexibility index (Phi) is 1.37. The zero-order valence-electron chi connectivity index (χ0n) is 6.92. The molecule has 0 heterocycles. The van der Waals surface area contributed by atoms with Gasteiger partial charge in [-0.05, 0) is 19.3 Å². The van der Waals surface area contributed by atoms with E-state index in [0.717, 1.165) is 0 Å². The lowest BCUT2D eigenvalue weighted by molar-refractivity contribution is -0.101. The van der Waals surface area contributed by atoms with E-state index in [2.05, 4.69) is 5.32 Å². The van der Waals surface area contributed by atoms with Crippen molar-refractivity contribution in [2.75, 3.05) is 0 Å². The van der Waals surface area contributed by atoms with E-state index in [1.54, 1.807) is 0 Å². The molecule has 1 amide bonds. The molecular formula is C7H11N3O3. The van der Waals surface area contributed by atoms with Gasteiger partial charge in [0, 0.05) is 11.0 Å². The minimum atomic E-state index is -1.02. The number of hydrogen-bond donors (Lipinski definition) is 5. The first-order valence-electron chi connectivity index (χ1n) is 4.02. The quantitative estimate of drug-likeness (QED) is 0.239. The Bertz CT molecular complexity index is 269. The molecule has 0 aromatic rings. The van der Waals surface area contributed by atoms with Crippen LogP contribution >= 0.6 is 0 Å². The molecule has 13 heavy (non-hydrogen) atoms. The van der Waals surface area contributed by atoms with E-state index in [0.29, 0.717) is 19.3 Å². The minimum Gasteiger partial charge on any atom is -0.465 e. The van der Waals surface area contributed by atoms with Gasteiger partial charge < -0.3 is 10.4 Å². The highest BCUT2D eigenvalue weighted by Crippen LogP contribution is 2.67. The second-order valence-corrected chi connectivity index (χ2v) is 4.01. The summed E-state index contributed by atoms with van der Waals surface area (Å²) in [6.45, 7) is 0. The van der Waals surface area contributed by atoms with E-state index in [9.17, 15) is 4.79 Å². The van der Waals surface area contributed by atoms with Crippen LogP contribution in [-0.4, -0.2) is 27.8 Å². The molecule has 0 spiro atoms. The van der Waals surface area contributed by atoms with Gasteiger partial charge in [-0.2, -0.15) is 0 Å². The molecule has 6 nitrogen and oxygen atoms in total. The molecule has 0 saturated heterocycles. The van der Waals surface area contributed by atoms with Crippen molar-refractivity contribution >= 4 is 11.9 Å². The maximum absolute atomic E-state index is 10.3. The lowest BCUT2D eigenvalue weighted by Gasteiger charge is -2.69. The molecule has 0 unspecified atom stereocenters. The lowest BCUT2D eigenvalue weighted by Crippen LogP contribution is -2.78. The number of amides is 1. The average Bonchev–Trinajstić information content (AvgIpc) is 1.92. The molecule has 0 radical (unpaired) electrons. The fraction of sp³-hybridized carbons (Fsp3) is 0.714. The minimum absolute atomic E-state index is 0.0987. The molecule has 3 fully saturated rings. The topological polar surface area (TPSA) is 105 Å². The third-order valence-electron chi connectivity index (χ3n) is 3.04. The Morgan fingerprint density at radius 2 is 1.92 bits per heavy atom. The largest absolute Gasteiger partial charge is 0.465 e. The average molecular weight is 185 g/mol. The fourth-order valence-electron chi connectivity index (χ4n) is 2.53. The van der Waals surface area contributed by atoms with Crippen molar-refractivity contribution in [2.45, 2.75) is 24.8 Å². The molecule has 72 valence electrons. The SMILES string of the molecule is N=C(NO)C12CC(NC(=O)O)(C1)C2. The van der Waals surface area contributed by atoms with Crippen LogP contribution in [0.2, 0.25) is 0 Å². The zero-order chi connectivity index (χ0) is 9.69. The van der Waals surface area contributed by atoms with Crippen molar-refractivity contribution in [1.82, 2.24) is 10.8 Å². The van der Waals surface area contributed by atoms with Crippen LogP contribution in [0.15, 0.2) is 0 Å². The summed E-state index contributed by atoms with van der Waals surface area (Å²) >= 11 is 0. The second-order valence-electron chi connectivity index (χ2n) is 4.01. The summed E-state index contributed by atoms with van der Waals surface area (Å²) in [6, 6.07) is 0. The molecule has 3 rings (SSSR count). The normalized spacial score (nSPS) is 39.8. The van der Waals surface area contributed by atoms with Crippen molar-refractivity contribution in [3.63, 3.8) is 0 Å². The van der Waals surface area contributed by atoms with Crippen LogP contribution in [-0.2, 0) is 0 Å². The third kappa shape index (κ3) is 0.918.